The zero-order chi connectivity index (χ0) is 13.0. The van der Waals surface area contributed by atoms with Crippen molar-refractivity contribution >= 4 is 17.6 Å². The highest BCUT2D eigenvalue weighted by atomic mass is 16.5. The second-order valence-electron chi connectivity index (χ2n) is 4.06. The number of carbonyl (C=O) groups excluding carboxylic acids is 2. The van der Waals surface area contributed by atoms with Crippen LogP contribution < -0.4 is 5.43 Å². The van der Waals surface area contributed by atoms with Crippen molar-refractivity contribution in [2.75, 3.05) is 18.6 Å². The van der Waals surface area contributed by atoms with Crippen LogP contribution in [0.2, 0.25) is 0 Å². The van der Waals surface area contributed by atoms with Gasteiger partial charge in [0.25, 0.3) is 0 Å². The SMILES string of the molecule is CCOC(=O)c1ccc(NN2CCCC2=O)cc1. The van der Waals surface area contributed by atoms with Crippen molar-refractivity contribution in [2.24, 2.45) is 0 Å². The van der Waals surface area contributed by atoms with Crippen molar-refractivity contribution < 1.29 is 14.3 Å². The van der Waals surface area contributed by atoms with Crippen LogP contribution in [0.25, 0.3) is 0 Å². The largest absolute Gasteiger partial charge is 0.462 e. The fraction of sp³-hybridized carbons (Fsp3) is 0.385. The normalized spacial score (nSPS) is 14.7. The van der Waals surface area contributed by atoms with E-state index in [0.29, 0.717) is 18.6 Å². The topological polar surface area (TPSA) is 58.6 Å². The van der Waals surface area contributed by atoms with E-state index < -0.39 is 0 Å². The Morgan fingerprint density at radius 3 is 2.67 bits per heavy atom. The molecule has 96 valence electrons. The molecule has 0 saturated carbocycles. The van der Waals surface area contributed by atoms with Gasteiger partial charge in [0.15, 0.2) is 0 Å². The number of hydrazine groups is 1. The lowest BCUT2D eigenvalue weighted by Crippen LogP contribution is -2.30. The third kappa shape index (κ3) is 2.80. The third-order valence-electron chi connectivity index (χ3n) is 2.73. The molecule has 0 radical (unpaired) electrons. The Kier molecular flexibility index (Phi) is 3.82. The Morgan fingerprint density at radius 2 is 2.11 bits per heavy atom. The number of carbonyl (C=O) groups is 2. The van der Waals surface area contributed by atoms with Gasteiger partial charge < -0.3 is 4.74 Å². The summed E-state index contributed by atoms with van der Waals surface area (Å²) in [5.74, 6) is -0.231. The van der Waals surface area contributed by atoms with Gasteiger partial charge in [0, 0.05) is 13.0 Å². The van der Waals surface area contributed by atoms with Crippen LogP contribution in [0.15, 0.2) is 24.3 Å². The summed E-state index contributed by atoms with van der Waals surface area (Å²) in [5, 5.41) is 1.60. The van der Waals surface area contributed by atoms with Gasteiger partial charge in [-0.05, 0) is 37.6 Å². The van der Waals surface area contributed by atoms with Gasteiger partial charge in [-0.3, -0.25) is 15.2 Å². The first kappa shape index (κ1) is 12.4. The number of nitrogens with one attached hydrogen (secondary N) is 1. The van der Waals surface area contributed by atoms with E-state index in [1.54, 1.807) is 36.2 Å². The minimum Gasteiger partial charge on any atom is -0.462 e. The Balaban J connectivity index is 1.99. The van der Waals surface area contributed by atoms with Crippen molar-refractivity contribution in [3.8, 4) is 0 Å². The summed E-state index contributed by atoms with van der Waals surface area (Å²) in [6, 6.07) is 6.89. The zero-order valence-corrected chi connectivity index (χ0v) is 10.3. The van der Waals surface area contributed by atoms with Crippen LogP contribution in [0.5, 0.6) is 0 Å². The van der Waals surface area contributed by atoms with E-state index >= 15 is 0 Å². The molecule has 1 aliphatic rings. The van der Waals surface area contributed by atoms with Crippen LogP contribution >= 0.6 is 0 Å². The van der Waals surface area contributed by atoms with Crippen molar-refractivity contribution in [3.05, 3.63) is 29.8 Å². The Bertz CT molecular complexity index is 442. The summed E-state index contributed by atoms with van der Waals surface area (Å²) >= 11 is 0. The molecule has 2 rings (SSSR count). The molecule has 0 aromatic heterocycles. The average Bonchev–Trinajstić information content (AvgIpc) is 2.76. The highest BCUT2D eigenvalue weighted by Crippen LogP contribution is 2.15. The zero-order valence-electron chi connectivity index (χ0n) is 10.3. The average molecular weight is 248 g/mol. The lowest BCUT2D eigenvalue weighted by Gasteiger charge is -2.18. The summed E-state index contributed by atoms with van der Waals surface area (Å²) in [6.45, 7) is 2.85. The predicted molar refractivity (Wildman–Crippen MR) is 67.0 cm³/mol. The van der Waals surface area contributed by atoms with E-state index in [1.165, 1.54) is 0 Å². The van der Waals surface area contributed by atoms with E-state index in [2.05, 4.69) is 5.43 Å². The van der Waals surface area contributed by atoms with Gasteiger partial charge in [-0.15, -0.1) is 0 Å². The third-order valence-corrected chi connectivity index (χ3v) is 2.73. The highest BCUT2D eigenvalue weighted by Gasteiger charge is 2.19. The standard InChI is InChI=1S/C13H16N2O3/c1-2-18-13(17)10-5-7-11(8-6-10)14-15-9-3-4-12(15)16/h5-8,14H,2-4,9H2,1H3. The number of hydrogen-bond donors (Lipinski definition) is 1. The molecule has 0 spiro atoms. The van der Waals surface area contributed by atoms with E-state index in [9.17, 15) is 9.59 Å². The summed E-state index contributed by atoms with van der Waals surface area (Å²) < 4.78 is 4.89. The molecular weight excluding hydrogens is 232 g/mol. The Morgan fingerprint density at radius 1 is 1.39 bits per heavy atom. The van der Waals surface area contributed by atoms with Crippen molar-refractivity contribution in [3.63, 3.8) is 0 Å². The van der Waals surface area contributed by atoms with Gasteiger partial charge in [-0.2, -0.15) is 0 Å². The van der Waals surface area contributed by atoms with E-state index in [0.717, 1.165) is 18.7 Å². The maximum atomic E-state index is 11.4. The molecule has 0 aliphatic carbocycles. The van der Waals surface area contributed by atoms with Gasteiger partial charge >= 0.3 is 5.97 Å². The van der Waals surface area contributed by atoms with Crippen LogP contribution in [0.1, 0.15) is 30.1 Å². The summed E-state index contributed by atoms with van der Waals surface area (Å²) in [4.78, 5) is 22.9. The van der Waals surface area contributed by atoms with Crippen LogP contribution in [0.3, 0.4) is 0 Å². The summed E-state index contributed by atoms with van der Waals surface area (Å²) in [5.41, 5.74) is 4.32. The minimum absolute atomic E-state index is 0.101. The molecule has 0 unspecified atom stereocenters. The fourth-order valence-electron chi connectivity index (χ4n) is 1.82. The van der Waals surface area contributed by atoms with Crippen molar-refractivity contribution in [1.82, 2.24) is 5.01 Å². The highest BCUT2D eigenvalue weighted by molar-refractivity contribution is 5.89. The lowest BCUT2D eigenvalue weighted by molar-refractivity contribution is -0.126. The van der Waals surface area contributed by atoms with Gasteiger partial charge in [-0.25, -0.2) is 4.79 Å². The minimum atomic E-state index is -0.332. The van der Waals surface area contributed by atoms with Crippen molar-refractivity contribution in [2.45, 2.75) is 19.8 Å². The molecule has 1 fully saturated rings. The van der Waals surface area contributed by atoms with Gasteiger partial charge in [0.05, 0.1) is 17.9 Å². The van der Waals surface area contributed by atoms with Crippen LogP contribution in [0.4, 0.5) is 5.69 Å². The smallest absolute Gasteiger partial charge is 0.338 e. The maximum Gasteiger partial charge on any atom is 0.338 e. The van der Waals surface area contributed by atoms with Crippen molar-refractivity contribution in [1.29, 1.82) is 0 Å². The van der Waals surface area contributed by atoms with Gasteiger partial charge in [0.2, 0.25) is 5.91 Å². The van der Waals surface area contributed by atoms with E-state index in [-0.39, 0.29) is 11.9 Å². The Hall–Kier alpha value is -2.04. The number of amides is 1. The molecule has 1 amide bonds. The number of rotatable bonds is 4. The molecule has 1 heterocycles. The van der Waals surface area contributed by atoms with E-state index in [4.69, 9.17) is 4.74 Å². The molecule has 0 atom stereocenters. The molecular formula is C13H16N2O3. The number of nitrogens with zero attached hydrogens (tertiary/aromatic N) is 1. The monoisotopic (exact) mass is 248 g/mol. The second kappa shape index (κ2) is 5.53. The molecule has 1 saturated heterocycles. The molecule has 1 aliphatic heterocycles. The Labute approximate surface area is 106 Å². The maximum absolute atomic E-state index is 11.4. The molecule has 1 N–H and O–H groups in total. The number of esters is 1. The molecule has 1 aromatic rings. The molecule has 5 nitrogen and oxygen atoms in total. The fourth-order valence-corrected chi connectivity index (χ4v) is 1.82. The molecule has 18 heavy (non-hydrogen) atoms. The summed E-state index contributed by atoms with van der Waals surface area (Å²) in [7, 11) is 0. The number of anilines is 1. The number of benzene rings is 1. The predicted octanol–water partition coefficient (Wildman–Crippen LogP) is 1.81. The summed E-state index contributed by atoms with van der Waals surface area (Å²) in [6.07, 6.45) is 1.47. The van der Waals surface area contributed by atoms with Gasteiger partial charge in [-0.1, -0.05) is 0 Å². The molecule has 5 heteroatoms. The number of ether oxygens (including phenoxy) is 1. The van der Waals surface area contributed by atoms with Gasteiger partial charge in [0.1, 0.15) is 0 Å². The number of hydrogen-bond acceptors (Lipinski definition) is 4. The lowest BCUT2D eigenvalue weighted by atomic mass is 10.2. The second-order valence-corrected chi connectivity index (χ2v) is 4.06. The first-order valence-corrected chi connectivity index (χ1v) is 6.05. The molecule has 0 bridgehead atoms. The molecule has 1 aromatic carbocycles. The first-order valence-electron chi connectivity index (χ1n) is 6.05. The van der Waals surface area contributed by atoms with E-state index in [1.807, 2.05) is 0 Å². The quantitative estimate of drug-likeness (QED) is 0.826. The van der Waals surface area contributed by atoms with Crippen LogP contribution in [0, 0.1) is 0 Å². The first-order chi connectivity index (χ1) is 8.70. The van der Waals surface area contributed by atoms with Crippen LogP contribution in [-0.4, -0.2) is 30.0 Å². The van der Waals surface area contributed by atoms with Crippen LogP contribution in [-0.2, 0) is 9.53 Å².